The van der Waals surface area contributed by atoms with E-state index in [1.54, 1.807) is 0 Å². The van der Waals surface area contributed by atoms with Crippen molar-refractivity contribution in [2.75, 3.05) is 6.54 Å². The van der Waals surface area contributed by atoms with Crippen LogP contribution in [0.3, 0.4) is 0 Å². The van der Waals surface area contributed by atoms with Crippen LogP contribution < -0.4 is 11.1 Å². The lowest BCUT2D eigenvalue weighted by atomic mass is 10.0. The molecule has 0 aromatic carbocycles. The quantitative estimate of drug-likeness (QED) is 0.0320. The number of carboxylic acid groups (broad SMARTS) is 1. The van der Waals surface area contributed by atoms with Crippen LogP contribution in [0.15, 0.2) is 72.9 Å². The van der Waals surface area contributed by atoms with Crippen molar-refractivity contribution in [3.63, 3.8) is 0 Å². The third kappa shape index (κ3) is 42.7. The van der Waals surface area contributed by atoms with E-state index in [1.807, 2.05) is 0 Å². The van der Waals surface area contributed by atoms with Gasteiger partial charge in [0.15, 0.2) is 0 Å². The average Bonchev–Trinajstić information content (AvgIpc) is 3.22. The number of unbranched alkanes of at least 4 members (excludes halogenated alkanes) is 19. The van der Waals surface area contributed by atoms with Gasteiger partial charge >= 0.3 is 11.9 Å². The number of carbonyl (C=O) groups is 3. The van der Waals surface area contributed by atoms with Crippen molar-refractivity contribution < 1.29 is 24.2 Å². The topological polar surface area (TPSA) is 119 Å². The van der Waals surface area contributed by atoms with Gasteiger partial charge in [0, 0.05) is 12.8 Å². The van der Waals surface area contributed by atoms with Crippen LogP contribution in [0.4, 0.5) is 0 Å². The summed E-state index contributed by atoms with van der Waals surface area (Å²) in [7, 11) is 0. The van der Waals surface area contributed by atoms with Gasteiger partial charge in [0.05, 0.1) is 0 Å². The molecular formula is C52H90N2O5. The molecule has 0 fully saturated rings. The second-order valence-corrected chi connectivity index (χ2v) is 16.1. The number of ether oxygens (including phenoxy) is 1. The van der Waals surface area contributed by atoms with Gasteiger partial charge in [-0.1, -0.05) is 177 Å². The van der Waals surface area contributed by atoms with E-state index in [2.05, 4.69) is 92.1 Å². The smallest absolute Gasteiger partial charge is 0.326 e. The monoisotopic (exact) mass is 823 g/mol. The second kappa shape index (κ2) is 45.9. The molecule has 0 aliphatic rings. The highest BCUT2D eigenvalue weighted by Gasteiger charge is 2.18. The van der Waals surface area contributed by atoms with Crippen molar-refractivity contribution in [3.8, 4) is 0 Å². The molecule has 0 spiro atoms. The highest BCUT2D eigenvalue weighted by molar-refractivity contribution is 5.83. The van der Waals surface area contributed by atoms with Gasteiger partial charge in [0.2, 0.25) is 5.91 Å². The van der Waals surface area contributed by atoms with Crippen LogP contribution in [0.25, 0.3) is 0 Å². The molecule has 0 radical (unpaired) electrons. The number of carboxylic acids is 1. The molecule has 338 valence electrons. The van der Waals surface area contributed by atoms with Crippen LogP contribution >= 0.6 is 0 Å². The number of rotatable bonds is 43. The van der Waals surface area contributed by atoms with Crippen LogP contribution in [0.2, 0.25) is 0 Å². The fraction of sp³-hybridized carbons (Fsp3) is 0.712. The predicted molar refractivity (Wildman–Crippen MR) is 252 cm³/mol. The summed E-state index contributed by atoms with van der Waals surface area (Å²) in [5.41, 5.74) is 5.48. The number of hydrogen-bond acceptors (Lipinski definition) is 5. The van der Waals surface area contributed by atoms with Gasteiger partial charge in [-0.15, -0.1) is 0 Å². The maximum atomic E-state index is 12.8. The normalized spacial score (nSPS) is 13.3. The highest BCUT2D eigenvalue weighted by Crippen LogP contribution is 2.16. The average molecular weight is 823 g/mol. The van der Waals surface area contributed by atoms with Crippen LogP contribution in [-0.2, 0) is 19.1 Å². The summed E-state index contributed by atoms with van der Waals surface area (Å²) in [4.78, 5) is 36.4. The molecule has 0 aliphatic carbocycles. The number of carbonyl (C=O) groups excluding carboxylic acids is 2. The molecule has 0 bridgehead atoms. The van der Waals surface area contributed by atoms with Gasteiger partial charge in [-0.05, 0) is 109 Å². The molecule has 0 saturated carbocycles. The number of nitrogens with two attached hydrogens (primary N) is 1. The standard InChI is InChI=1S/C52H90N2O5/c1-3-5-7-9-11-13-14-15-16-17-18-19-20-21-22-23-24-25-26-28-30-36-40-46-51(56)59-48(42-37-33-29-27-12-10-8-6-4-2)43-38-34-31-32-35-39-45-50(55)54-49(52(57)58)44-41-47-53/h5,7,11,13,15-16,18-19,21-22,37,42,48-49H,3-4,6,8-10,12,14,17,20,23-36,38-41,43-47,53H2,1-2H3,(H,54,55)(H,57,58)/b7-5-,13-11-,16-15-,19-18-,22-21-,42-37-. The lowest BCUT2D eigenvalue weighted by Crippen LogP contribution is -2.40. The molecule has 7 nitrogen and oxygen atoms in total. The number of nitrogens with one attached hydrogen (secondary N) is 1. The Bertz CT molecular complexity index is 1150. The van der Waals surface area contributed by atoms with E-state index in [1.165, 1.54) is 77.0 Å². The first-order chi connectivity index (χ1) is 28.9. The Morgan fingerprint density at radius 2 is 0.983 bits per heavy atom. The molecule has 0 aromatic heterocycles. The minimum Gasteiger partial charge on any atom is -0.480 e. The Hall–Kier alpha value is -3.19. The fourth-order valence-electron chi connectivity index (χ4n) is 6.86. The molecule has 0 aromatic rings. The summed E-state index contributed by atoms with van der Waals surface area (Å²) >= 11 is 0. The van der Waals surface area contributed by atoms with E-state index in [9.17, 15) is 19.5 Å². The van der Waals surface area contributed by atoms with E-state index in [4.69, 9.17) is 10.5 Å². The molecule has 2 atom stereocenters. The van der Waals surface area contributed by atoms with E-state index >= 15 is 0 Å². The molecule has 7 heteroatoms. The van der Waals surface area contributed by atoms with Gasteiger partial charge in [-0.3, -0.25) is 9.59 Å². The molecule has 1 amide bonds. The third-order valence-electron chi connectivity index (χ3n) is 10.5. The molecular weight excluding hydrogens is 733 g/mol. The van der Waals surface area contributed by atoms with Gasteiger partial charge in [-0.2, -0.15) is 0 Å². The lowest BCUT2D eigenvalue weighted by Gasteiger charge is -2.15. The van der Waals surface area contributed by atoms with E-state index < -0.39 is 12.0 Å². The first kappa shape index (κ1) is 55.8. The number of hydrogen-bond donors (Lipinski definition) is 3. The summed E-state index contributed by atoms with van der Waals surface area (Å²) < 4.78 is 5.98. The maximum absolute atomic E-state index is 12.8. The molecule has 59 heavy (non-hydrogen) atoms. The van der Waals surface area contributed by atoms with Gasteiger partial charge < -0.3 is 20.9 Å². The number of allylic oxidation sites excluding steroid dienone is 11. The second-order valence-electron chi connectivity index (χ2n) is 16.1. The number of amides is 1. The lowest BCUT2D eigenvalue weighted by molar-refractivity contribution is -0.147. The zero-order valence-corrected chi connectivity index (χ0v) is 38.1. The first-order valence-corrected chi connectivity index (χ1v) is 24.3. The number of esters is 1. The Morgan fingerprint density at radius 3 is 1.51 bits per heavy atom. The molecule has 4 N–H and O–H groups in total. The Labute approximate surface area is 362 Å². The maximum Gasteiger partial charge on any atom is 0.326 e. The van der Waals surface area contributed by atoms with Crippen molar-refractivity contribution in [2.45, 2.75) is 231 Å². The van der Waals surface area contributed by atoms with Crippen molar-refractivity contribution >= 4 is 17.8 Å². The minimum atomic E-state index is -1.01. The van der Waals surface area contributed by atoms with Crippen LogP contribution in [0.1, 0.15) is 219 Å². The van der Waals surface area contributed by atoms with Gasteiger partial charge in [0.25, 0.3) is 0 Å². The van der Waals surface area contributed by atoms with Crippen LogP contribution in [0, 0.1) is 0 Å². The van der Waals surface area contributed by atoms with Crippen molar-refractivity contribution in [2.24, 2.45) is 5.73 Å². The van der Waals surface area contributed by atoms with Crippen molar-refractivity contribution in [1.82, 2.24) is 5.32 Å². The minimum absolute atomic E-state index is 0.0703. The van der Waals surface area contributed by atoms with Crippen molar-refractivity contribution in [3.05, 3.63) is 72.9 Å². The Kier molecular flexibility index (Phi) is 43.4. The molecule has 0 rings (SSSR count). The van der Waals surface area contributed by atoms with Crippen LogP contribution in [0.5, 0.6) is 0 Å². The van der Waals surface area contributed by atoms with Crippen molar-refractivity contribution in [1.29, 1.82) is 0 Å². The predicted octanol–water partition coefficient (Wildman–Crippen LogP) is 14.3. The molecule has 0 heterocycles. The zero-order valence-electron chi connectivity index (χ0n) is 38.1. The van der Waals surface area contributed by atoms with Gasteiger partial charge in [0.1, 0.15) is 12.1 Å². The molecule has 0 saturated heterocycles. The zero-order chi connectivity index (χ0) is 43.1. The SMILES string of the molecule is CC/C=C\C/C=C\C/C=C\C/C=C\C/C=C\CCCCCCCCCC(=O)OC(/C=C\CCCCCCCCC)CCCCCCCCC(=O)NC(CCCN)C(=O)O. The van der Waals surface area contributed by atoms with Gasteiger partial charge in [-0.25, -0.2) is 4.79 Å². The van der Waals surface area contributed by atoms with E-state index in [0.717, 1.165) is 103 Å². The Balaban J connectivity index is 4.22. The summed E-state index contributed by atoms with van der Waals surface area (Å²) in [6.07, 6.45) is 59.7. The van der Waals surface area contributed by atoms with Crippen LogP contribution in [-0.4, -0.2) is 41.6 Å². The molecule has 0 aliphatic heterocycles. The third-order valence-corrected chi connectivity index (χ3v) is 10.5. The van der Waals surface area contributed by atoms with E-state index in [-0.39, 0.29) is 18.0 Å². The largest absolute Gasteiger partial charge is 0.480 e. The molecule has 2 unspecified atom stereocenters. The fourth-order valence-corrected chi connectivity index (χ4v) is 6.86. The number of aliphatic carboxylic acids is 1. The Morgan fingerprint density at radius 1 is 0.525 bits per heavy atom. The summed E-state index contributed by atoms with van der Waals surface area (Å²) in [5.74, 6) is -1.28. The summed E-state index contributed by atoms with van der Waals surface area (Å²) in [6.45, 7) is 4.82. The highest BCUT2D eigenvalue weighted by atomic mass is 16.5. The van der Waals surface area contributed by atoms with E-state index in [0.29, 0.717) is 32.2 Å². The first-order valence-electron chi connectivity index (χ1n) is 24.3. The summed E-state index contributed by atoms with van der Waals surface area (Å²) in [5, 5.41) is 11.9. The summed E-state index contributed by atoms with van der Waals surface area (Å²) in [6, 6.07) is -0.857.